The number of hydroxylamine groups is 2. The van der Waals surface area contributed by atoms with Crippen LogP contribution >= 0.6 is 0 Å². The first kappa shape index (κ1) is 28.5. The van der Waals surface area contributed by atoms with E-state index < -0.39 is 42.0 Å². The molecule has 0 saturated heterocycles. The molecule has 0 unspecified atom stereocenters. The quantitative estimate of drug-likeness (QED) is 0.0953. The number of hydrogen-bond donors (Lipinski definition) is 4. The van der Waals surface area contributed by atoms with Gasteiger partial charge in [-0.1, -0.05) is 33.1 Å². The molecule has 36 heavy (non-hydrogen) atoms. The minimum atomic E-state index is -1.18. The first-order valence-corrected chi connectivity index (χ1v) is 11.8. The summed E-state index contributed by atoms with van der Waals surface area (Å²) in [6.07, 6.45) is 3.22. The SMILES string of the molecule is CCCCC[C@@H](C(=O)NCNC(=O)c1ccc(-c2ccc(F)c(CC(=O)O)c2)o1)[C@@H](CC)N(O)C=O. The van der Waals surface area contributed by atoms with Gasteiger partial charge in [-0.05, 0) is 48.7 Å². The number of aliphatic carboxylic acids is 1. The summed E-state index contributed by atoms with van der Waals surface area (Å²) >= 11 is 0. The molecule has 1 aromatic heterocycles. The van der Waals surface area contributed by atoms with Crippen LogP contribution < -0.4 is 10.6 Å². The first-order chi connectivity index (χ1) is 17.2. The zero-order valence-corrected chi connectivity index (χ0v) is 20.3. The number of rotatable bonds is 15. The maximum atomic E-state index is 13.8. The molecule has 0 spiro atoms. The molecule has 10 nitrogen and oxygen atoms in total. The van der Waals surface area contributed by atoms with Crippen molar-refractivity contribution in [1.29, 1.82) is 0 Å². The number of carbonyl (C=O) groups excluding carboxylic acids is 3. The number of halogens is 1. The lowest BCUT2D eigenvalue weighted by Gasteiger charge is -2.29. The van der Waals surface area contributed by atoms with Crippen molar-refractivity contribution < 1.29 is 38.3 Å². The summed E-state index contributed by atoms with van der Waals surface area (Å²) in [4.78, 5) is 47.2. The molecule has 0 aliphatic carbocycles. The summed E-state index contributed by atoms with van der Waals surface area (Å²) in [7, 11) is 0. The molecule has 0 fully saturated rings. The van der Waals surface area contributed by atoms with Crippen molar-refractivity contribution in [1.82, 2.24) is 15.7 Å². The Balaban J connectivity index is 2.01. The van der Waals surface area contributed by atoms with Crippen LogP contribution in [0.5, 0.6) is 0 Å². The van der Waals surface area contributed by atoms with Gasteiger partial charge in [0.15, 0.2) is 5.76 Å². The maximum absolute atomic E-state index is 13.8. The molecule has 11 heteroatoms. The predicted octanol–water partition coefficient (Wildman–Crippen LogP) is 3.34. The van der Waals surface area contributed by atoms with Gasteiger partial charge in [0, 0.05) is 5.56 Å². The second-order valence-electron chi connectivity index (χ2n) is 8.33. The Morgan fingerprint density at radius 2 is 1.89 bits per heavy atom. The number of carboxylic acid groups (broad SMARTS) is 1. The van der Waals surface area contributed by atoms with Crippen molar-refractivity contribution in [2.45, 2.75) is 58.4 Å². The van der Waals surface area contributed by atoms with Crippen molar-refractivity contribution in [3.8, 4) is 11.3 Å². The molecule has 0 saturated carbocycles. The van der Waals surface area contributed by atoms with Gasteiger partial charge in [-0.3, -0.25) is 24.4 Å². The van der Waals surface area contributed by atoms with E-state index in [1.807, 2.05) is 6.92 Å². The van der Waals surface area contributed by atoms with E-state index in [1.165, 1.54) is 24.3 Å². The van der Waals surface area contributed by atoms with E-state index in [0.29, 0.717) is 23.5 Å². The molecule has 0 aliphatic rings. The van der Waals surface area contributed by atoms with E-state index in [-0.39, 0.29) is 30.2 Å². The summed E-state index contributed by atoms with van der Waals surface area (Å²) < 4.78 is 19.4. The second-order valence-corrected chi connectivity index (χ2v) is 8.33. The van der Waals surface area contributed by atoms with Crippen molar-refractivity contribution in [2.75, 3.05) is 6.67 Å². The van der Waals surface area contributed by atoms with E-state index in [4.69, 9.17) is 9.52 Å². The normalized spacial score (nSPS) is 12.4. The molecule has 3 amide bonds. The lowest BCUT2D eigenvalue weighted by molar-refractivity contribution is -0.168. The van der Waals surface area contributed by atoms with Gasteiger partial charge >= 0.3 is 5.97 Å². The van der Waals surface area contributed by atoms with Crippen LogP contribution in [0.1, 0.15) is 62.1 Å². The third kappa shape index (κ3) is 7.91. The fourth-order valence-corrected chi connectivity index (χ4v) is 3.92. The highest BCUT2D eigenvalue weighted by molar-refractivity contribution is 5.92. The number of nitrogens with one attached hydrogen (secondary N) is 2. The number of amides is 3. The molecule has 2 rings (SSSR count). The molecule has 0 radical (unpaired) electrons. The van der Waals surface area contributed by atoms with Crippen LogP contribution in [0.4, 0.5) is 4.39 Å². The number of carbonyl (C=O) groups is 4. The lowest BCUT2D eigenvalue weighted by Crippen LogP contribution is -2.47. The highest BCUT2D eigenvalue weighted by Gasteiger charge is 2.30. The van der Waals surface area contributed by atoms with E-state index in [0.717, 1.165) is 25.3 Å². The number of benzene rings is 1. The molecule has 196 valence electrons. The minimum Gasteiger partial charge on any atom is -0.481 e. The molecule has 1 aromatic carbocycles. The average Bonchev–Trinajstić information content (AvgIpc) is 3.34. The lowest BCUT2D eigenvalue weighted by atomic mass is 9.90. The highest BCUT2D eigenvalue weighted by Crippen LogP contribution is 2.25. The second kappa shape index (κ2) is 14.0. The number of hydrogen-bond acceptors (Lipinski definition) is 6. The highest BCUT2D eigenvalue weighted by atomic mass is 19.1. The van der Waals surface area contributed by atoms with Crippen molar-refractivity contribution in [2.24, 2.45) is 5.92 Å². The Labute approximate surface area is 208 Å². The van der Waals surface area contributed by atoms with E-state index >= 15 is 0 Å². The van der Waals surface area contributed by atoms with Gasteiger partial charge in [0.1, 0.15) is 11.6 Å². The van der Waals surface area contributed by atoms with Gasteiger partial charge < -0.3 is 20.2 Å². The van der Waals surface area contributed by atoms with Crippen molar-refractivity contribution >= 4 is 24.2 Å². The molecular weight excluding hydrogens is 473 g/mol. The van der Waals surface area contributed by atoms with Crippen LogP contribution in [-0.4, -0.2) is 52.3 Å². The number of furan rings is 1. The van der Waals surface area contributed by atoms with E-state index in [2.05, 4.69) is 10.6 Å². The Hall–Kier alpha value is -3.73. The molecule has 0 bridgehead atoms. The largest absolute Gasteiger partial charge is 0.481 e. The Morgan fingerprint density at radius 1 is 1.14 bits per heavy atom. The Bertz CT molecular complexity index is 1060. The van der Waals surface area contributed by atoms with Crippen LogP contribution in [0.3, 0.4) is 0 Å². The van der Waals surface area contributed by atoms with Crippen LogP contribution in [-0.2, 0) is 20.8 Å². The zero-order valence-electron chi connectivity index (χ0n) is 20.3. The summed E-state index contributed by atoms with van der Waals surface area (Å²) in [5.74, 6) is -3.31. The van der Waals surface area contributed by atoms with Crippen LogP contribution in [0, 0.1) is 11.7 Å². The zero-order chi connectivity index (χ0) is 26.7. The van der Waals surface area contributed by atoms with Crippen LogP contribution in [0.2, 0.25) is 0 Å². The molecule has 0 aliphatic heterocycles. The summed E-state index contributed by atoms with van der Waals surface area (Å²) in [5.41, 5.74) is 0.393. The minimum absolute atomic E-state index is 0.0139. The molecule has 1 heterocycles. The average molecular weight is 506 g/mol. The fourth-order valence-electron chi connectivity index (χ4n) is 3.92. The Morgan fingerprint density at radius 3 is 2.53 bits per heavy atom. The summed E-state index contributed by atoms with van der Waals surface area (Å²) in [6.45, 7) is 3.58. The fraction of sp³-hybridized carbons (Fsp3) is 0.440. The van der Waals surface area contributed by atoms with Gasteiger partial charge in [-0.25, -0.2) is 9.45 Å². The van der Waals surface area contributed by atoms with E-state index in [1.54, 1.807) is 6.92 Å². The van der Waals surface area contributed by atoms with Crippen LogP contribution in [0.15, 0.2) is 34.7 Å². The number of unbranched alkanes of at least 4 members (excludes halogenated alkanes) is 2. The van der Waals surface area contributed by atoms with Gasteiger partial charge in [0.05, 0.1) is 25.0 Å². The summed E-state index contributed by atoms with van der Waals surface area (Å²) in [6, 6.07) is 6.09. The molecule has 2 aromatic rings. The van der Waals surface area contributed by atoms with Crippen molar-refractivity contribution in [3.05, 3.63) is 47.5 Å². The molecule has 4 N–H and O–H groups in total. The monoisotopic (exact) mass is 505 g/mol. The number of nitrogens with zero attached hydrogens (tertiary/aromatic N) is 1. The third-order valence-corrected chi connectivity index (χ3v) is 5.80. The molecular formula is C25H32FN3O7. The smallest absolute Gasteiger partial charge is 0.307 e. The van der Waals surface area contributed by atoms with Gasteiger partial charge in [-0.2, -0.15) is 0 Å². The summed E-state index contributed by atoms with van der Waals surface area (Å²) in [5, 5.41) is 24.4. The van der Waals surface area contributed by atoms with Crippen molar-refractivity contribution in [3.63, 3.8) is 0 Å². The van der Waals surface area contributed by atoms with Gasteiger partial charge in [0.2, 0.25) is 12.3 Å². The maximum Gasteiger partial charge on any atom is 0.307 e. The third-order valence-electron chi connectivity index (χ3n) is 5.80. The molecule has 2 atom stereocenters. The van der Waals surface area contributed by atoms with E-state index in [9.17, 15) is 28.8 Å². The number of carboxylic acids is 1. The van der Waals surface area contributed by atoms with Crippen LogP contribution in [0.25, 0.3) is 11.3 Å². The standard InChI is InChI=1S/C25H32FN3O7/c1-3-5-6-7-18(20(4-2)29(35)15-30)24(33)27-14-28-25(34)22-11-10-21(36-22)16-8-9-19(26)17(12-16)13-23(31)32/h8-12,15,18,20,35H,3-7,13-14H2,1-2H3,(H,27,33)(H,28,34)(H,31,32)/t18-,20-/m1/s1. The first-order valence-electron chi connectivity index (χ1n) is 11.8. The van der Waals surface area contributed by atoms with Gasteiger partial charge in [0.25, 0.3) is 5.91 Å². The Kier molecular flexibility index (Phi) is 11.1. The van der Waals surface area contributed by atoms with Gasteiger partial charge in [-0.15, -0.1) is 0 Å². The predicted molar refractivity (Wildman–Crippen MR) is 127 cm³/mol. The topological polar surface area (TPSA) is 149 Å².